The zero-order valence-corrected chi connectivity index (χ0v) is 14.4. The smallest absolute Gasteiger partial charge is 0.175 e. The van der Waals surface area contributed by atoms with E-state index in [0.717, 1.165) is 43.4 Å². The number of para-hydroxylation sites is 2. The van der Waals surface area contributed by atoms with Crippen LogP contribution >= 0.6 is 12.2 Å². The number of ether oxygens (including phenoxy) is 2. The minimum Gasteiger partial charge on any atom is -0.495 e. The fourth-order valence-electron chi connectivity index (χ4n) is 2.61. The van der Waals surface area contributed by atoms with Crippen LogP contribution in [0.3, 0.4) is 0 Å². The molecule has 0 spiro atoms. The zero-order valence-electron chi connectivity index (χ0n) is 13.6. The molecule has 3 rings (SSSR count). The summed E-state index contributed by atoms with van der Waals surface area (Å²) in [6, 6.07) is 15.9. The molecule has 0 aliphatic carbocycles. The molecule has 0 unspecified atom stereocenters. The minimum atomic E-state index is 0.527. The van der Waals surface area contributed by atoms with Crippen LogP contribution < -0.4 is 20.3 Å². The monoisotopic (exact) mass is 343 g/mol. The first-order valence-electron chi connectivity index (χ1n) is 7.90. The third kappa shape index (κ3) is 4.15. The van der Waals surface area contributed by atoms with Gasteiger partial charge in [-0.2, -0.15) is 0 Å². The maximum Gasteiger partial charge on any atom is 0.175 e. The van der Waals surface area contributed by atoms with E-state index in [2.05, 4.69) is 27.7 Å². The summed E-state index contributed by atoms with van der Waals surface area (Å²) in [4.78, 5) is 2.32. The van der Waals surface area contributed by atoms with Crippen LogP contribution in [-0.4, -0.2) is 38.5 Å². The molecule has 1 heterocycles. The van der Waals surface area contributed by atoms with Gasteiger partial charge in [-0.1, -0.05) is 12.1 Å². The lowest BCUT2D eigenvalue weighted by molar-refractivity contribution is 0.122. The molecule has 1 aliphatic heterocycles. The van der Waals surface area contributed by atoms with Crippen molar-refractivity contribution in [2.45, 2.75) is 0 Å². The normalized spacial score (nSPS) is 14.1. The van der Waals surface area contributed by atoms with Crippen LogP contribution in [0.1, 0.15) is 0 Å². The molecule has 1 fully saturated rings. The van der Waals surface area contributed by atoms with Crippen molar-refractivity contribution in [3.05, 3.63) is 48.5 Å². The second-order valence-electron chi connectivity index (χ2n) is 5.43. The van der Waals surface area contributed by atoms with Gasteiger partial charge in [-0.05, 0) is 48.6 Å². The van der Waals surface area contributed by atoms with Gasteiger partial charge in [0.05, 0.1) is 26.0 Å². The van der Waals surface area contributed by atoms with Crippen molar-refractivity contribution >= 4 is 34.4 Å². The van der Waals surface area contributed by atoms with Crippen LogP contribution in [0, 0.1) is 0 Å². The Hall–Kier alpha value is -2.31. The lowest BCUT2D eigenvalue weighted by atomic mass is 10.2. The van der Waals surface area contributed by atoms with Gasteiger partial charge in [0, 0.05) is 24.5 Å². The highest BCUT2D eigenvalue weighted by atomic mass is 32.1. The molecule has 0 saturated carbocycles. The van der Waals surface area contributed by atoms with E-state index in [9.17, 15) is 0 Å². The fraction of sp³-hybridized carbons (Fsp3) is 0.278. The van der Waals surface area contributed by atoms with Crippen molar-refractivity contribution in [2.24, 2.45) is 0 Å². The Balaban J connectivity index is 1.60. The maximum atomic E-state index is 5.38. The first-order chi connectivity index (χ1) is 11.8. The Morgan fingerprint density at radius 3 is 2.46 bits per heavy atom. The quantitative estimate of drug-likeness (QED) is 0.830. The van der Waals surface area contributed by atoms with Gasteiger partial charge in [-0.25, -0.2) is 0 Å². The molecular weight excluding hydrogens is 322 g/mol. The van der Waals surface area contributed by atoms with Crippen LogP contribution in [0.15, 0.2) is 48.5 Å². The van der Waals surface area contributed by atoms with E-state index >= 15 is 0 Å². The highest BCUT2D eigenvalue weighted by molar-refractivity contribution is 7.80. The van der Waals surface area contributed by atoms with Gasteiger partial charge < -0.3 is 25.0 Å². The molecule has 2 N–H and O–H groups in total. The fourth-order valence-corrected chi connectivity index (χ4v) is 2.84. The average molecular weight is 343 g/mol. The molecule has 6 heteroatoms. The van der Waals surface area contributed by atoms with Crippen LogP contribution in [0.4, 0.5) is 17.1 Å². The third-order valence-electron chi connectivity index (χ3n) is 3.86. The van der Waals surface area contributed by atoms with Gasteiger partial charge in [0.2, 0.25) is 0 Å². The van der Waals surface area contributed by atoms with E-state index in [1.54, 1.807) is 7.11 Å². The highest BCUT2D eigenvalue weighted by Gasteiger charge is 2.11. The van der Waals surface area contributed by atoms with Gasteiger partial charge in [0.1, 0.15) is 5.75 Å². The summed E-state index contributed by atoms with van der Waals surface area (Å²) in [5.74, 6) is 0.754. The summed E-state index contributed by atoms with van der Waals surface area (Å²) >= 11 is 5.38. The van der Waals surface area contributed by atoms with E-state index in [1.165, 1.54) is 5.69 Å². The number of thiocarbonyl (C=S) groups is 1. The molecule has 0 aromatic heterocycles. The Bertz CT molecular complexity index is 685. The molecule has 2 aromatic rings. The minimum absolute atomic E-state index is 0.527. The van der Waals surface area contributed by atoms with Crippen molar-refractivity contribution in [2.75, 3.05) is 48.9 Å². The lowest BCUT2D eigenvalue weighted by Crippen LogP contribution is -2.36. The Morgan fingerprint density at radius 1 is 1.04 bits per heavy atom. The summed E-state index contributed by atoms with van der Waals surface area (Å²) in [6.07, 6.45) is 0. The summed E-state index contributed by atoms with van der Waals surface area (Å²) in [7, 11) is 1.64. The Morgan fingerprint density at radius 2 is 1.75 bits per heavy atom. The molecule has 0 radical (unpaired) electrons. The third-order valence-corrected chi connectivity index (χ3v) is 4.06. The number of nitrogens with one attached hydrogen (secondary N) is 2. The summed E-state index contributed by atoms with van der Waals surface area (Å²) < 4.78 is 10.7. The number of rotatable bonds is 4. The lowest BCUT2D eigenvalue weighted by Gasteiger charge is -2.29. The van der Waals surface area contributed by atoms with Crippen molar-refractivity contribution in [1.29, 1.82) is 0 Å². The molecule has 2 aromatic carbocycles. The molecule has 24 heavy (non-hydrogen) atoms. The highest BCUT2D eigenvalue weighted by Crippen LogP contribution is 2.24. The number of nitrogens with zero attached hydrogens (tertiary/aromatic N) is 1. The first kappa shape index (κ1) is 16.5. The first-order valence-corrected chi connectivity index (χ1v) is 8.31. The molecule has 0 atom stereocenters. The van der Waals surface area contributed by atoms with Crippen molar-refractivity contribution < 1.29 is 9.47 Å². The zero-order chi connectivity index (χ0) is 16.8. The predicted molar refractivity (Wildman–Crippen MR) is 102 cm³/mol. The van der Waals surface area contributed by atoms with E-state index < -0.39 is 0 Å². The largest absolute Gasteiger partial charge is 0.495 e. The maximum absolute atomic E-state index is 5.38. The van der Waals surface area contributed by atoms with Gasteiger partial charge in [-0.15, -0.1) is 0 Å². The second-order valence-corrected chi connectivity index (χ2v) is 5.83. The average Bonchev–Trinajstić information content (AvgIpc) is 2.63. The summed E-state index contributed by atoms with van der Waals surface area (Å²) in [5.41, 5.74) is 2.98. The molecule has 5 nitrogen and oxygen atoms in total. The van der Waals surface area contributed by atoms with E-state index in [0.29, 0.717) is 5.11 Å². The molecule has 1 aliphatic rings. The van der Waals surface area contributed by atoms with Crippen molar-refractivity contribution in [3.8, 4) is 5.75 Å². The molecule has 0 amide bonds. The van der Waals surface area contributed by atoms with Crippen LogP contribution in [-0.2, 0) is 4.74 Å². The Labute approximate surface area is 147 Å². The number of benzene rings is 2. The van der Waals surface area contributed by atoms with Crippen molar-refractivity contribution in [3.63, 3.8) is 0 Å². The molecule has 1 saturated heterocycles. The molecule has 126 valence electrons. The predicted octanol–water partition coefficient (Wildman–Crippen LogP) is 3.34. The second kappa shape index (κ2) is 7.99. The number of anilines is 3. The van der Waals surface area contributed by atoms with E-state index in [-0.39, 0.29) is 0 Å². The van der Waals surface area contributed by atoms with Gasteiger partial charge >= 0.3 is 0 Å². The number of hydrogen-bond donors (Lipinski definition) is 2. The van der Waals surface area contributed by atoms with Gasteiger partial charge in [-0.3, -0.25) is 0 Å². The SMILES string of the molecule is COc1ccccc1NC(=S)Nc1ccc(N2CCOCC2)cc1. The molecular formula is C18H21N3O2S. The van der Waals surface area contributed by atoms with E-state index in [4.69, 9.17) is 21.7 Å². The molecule has 0 bridgehead atoms. The number of hydrogen-bond acceptors (Lipinski definition) is 4. The van der Waals surface area contributed by atoms with Crippen LogP contribution in [0.2, 0.25) is 0 Å². The van der Waals surface area contributed by atoms with E-state index in [1.807, 2.05) is 36.4 Å². The summed E-state index contributed by atoms with van der Waals surface area (Å²) in [5, 5.41) is 6.88. The topological polar surface area (TPSA) is 45.8 Å². The van der Waals surface area contributed by atoms with Gasteiger partial charge in [0.15, 0.2) is 5.11 Å². The Kier molecular flexibility index (Phi) is 5.51. The number of morpholine rings is 1. The van der Waals surface area contributed by atoms with Crippen LogP contribution in [0.5, 0.6) is 5.75 Å². The van der Waals surface area contributed by atoms with Crippen LogP contribution in [0.25, 0.3) is 0 Å². The van der Waals surface area contributed by atoms with Gasteiger partial charge in [0.25, 0.3) is 0 Å². The van der Waals surface area contributed by atoms with Crippen molar-refractivity contribution in [1.82, 2.24) is 0 Å². The number of methoxy groups -OCH3 is 1. The summed E-state index contributed by atoms with van der Waals surface area (Å²) in [6.45, 7) is 3.43. The standard InChI is InChI=1S/C18H21N3O2S/c1-22-17-5-3-2-4-16(17)20-18(24)19-14-6-8-15(9-7-14)21-10-12-23-13-11-21/h2-9H,10-13H2,1H3,(H2,19,20,24).